The summed E-state index contributed by atoms with van der Waals surface area (Å²) in [4.78, 5) is 12.6. The molecule has 0 saturated carbocycles. The van der Waals surface area contributed by atoms with Gasteiger partial charge in [0, 0.05) is 5.56 Å². The van der Waals surface area contributed by atoms with Crippen molar-refractivity contribution in [2.75, 3.05) is 13.7 Å². The fraction of sp³-hybridized carbons (Fsp3) is 0.381. The number of nitrogens with one attached hydrogen (secondary N) is 1. The molecule has 4 heteroatoms. The van der Waals surface area contributed by atoms with Crippen LogP contribution >= 0.6 is 0 Å². The van der Waals surface area contributed by atoms with E-state index in [1.165, 1.54) is 0 Å². The number of hydrogen-bond donors (Lipinski definition) is 1. The zero-order valence-corrected chi connectivity index (χ0v) is 15.4. The molecule has 25 heavy (non-hydrogen) atoms. The summed E-state index contributed by atoms with van der Waals surface area (Å²) in [5, 5.41) is 3.15. The van der Waals surface area contributed by atoms with Crippen molar-refractivity contribution in [2.45, 2.75) is 33.2 Å². The quantitative estimate of drug-likeness (QED) is 0.762. The van der Waals surface area contributed by atoms with E-state index < -0.39 is 0 Å². The summed E-state index contributed by atoms with van der Waals surface area (Å²) in [6.07, 6.45) is 0.870. The molecular weight excluding hydrogens is 314 g/mol. The molecule has 134 valence electrons. The lowest BCUT2D eigenvalue weighted by Crippen LogP contribution is -2.29. The Bertz CT molecular complexity index is 663. The Morgan fingerprint density at radius 3 is 2.12 bits per heavy atom. The molecule has 0 radical (unpaired) electrons. The van der Waals surface area contributed by atoms with Crippen LogP contribution < -0.4 is 14.8 Å². The third-order valence-electron chi connectivity index (χ3n) is 3.96. The van der Waals surface area contributed by atoms with Crippen LogP contribution in [0.2, 0.25) is 0 Å². The van der Waals surface area contributed by atoms with E-state index in [-0.39, 0.29) is 11.9 Å². The highest BCUT2D eigenvalue weighted by Crippen LogP contribution is 2.24. The highest BCUT2D eigenvalue weighted by Gasteiger charge is 2.17. The van der Waals surface area contributed by atoms with Gasteiger partial charge in [0.15, 0.2) is 0 Å². The van der Waals surface area contributed by atoms with Crippen molar-refractivity contribution in [3.63, 3.8) is 0 Å². The first-order valence-corrected chi connectivity index (χ1v) is 8.71. The molecule has 0 saturated heterocycles. The minimum Gasteiger partial charge on any atom is -0.497 e. The molecule has 1 amide bonds. The van der Waals surface area contributed by atoms with Gasteiger partial charge in [0.2, 0.25) is 0 Å². The van der Waals surface area contributed by atoms with E-state index in [1.807, 2.05) is 43.3 Å². The molecule has 0 aliphatic rings. The van der Waals surface area contributed by atoms with Gasteiger partial charge in [0.05, 0.1) is 19.8 Å². The minimum absolute atomic E-state index is 0.0371. The Morgan fingerprint density at radius 2 is 1.60 bits per heavy atom. The van der Waals surface area contributed by atoms with Gasteiger partial charge in [-0.05, 0) is 61.2 Å². The summed E-state index contributed by atoms with van der Waals surface area (Å²) >= 11 is 0. The van der Waals surface area contributed by atoms with Crippen LogP contribution in [0.15, 0.2) is 48.5 Å². The second kappa shape index (κ2) is 9.11. The number of amides is 1. The van der Waals surface area contributed by atoms with Gasteiger partial charge in [-0.15, -0.1) is 0 Å². The fourth-order valence-corrected chi connectivity index (χ4v) is 2.70. The van der Waals surface area contributed by atoms with Crippen LogP contribution in [0.3, 0.4) is 0 Å². The molecule has 0 fully saturated rings. The van der Waals surface area contributed by atoms with Crippen LogP contribution in [0.5, 0.6) is 11.5 Å². The van der Waals surface area contributed by atoms with E-state index in [0.717, 1.165) is 23.5 Å². The average Bonchev–Trinajstić information content (AvgIpc) is 2.61. The van der Waals surface area contributed by atoms with Crippen LogP contribution in [0, 0.1) is 5.92 Å². The van der Waals surface area contributed by atoms with Gasteiger partial charge in [-0.25, -0.2) is 0 Å². The van der Waals surface area contributed by atoms with Gasteiger partial charge in [0.25, 0.3) is 5.91 Å². The molecule has 0 heterocycles. The van der Waals surface area contributed by atoms with E-state index in [0.29, 0.717) is 18.1 Å². The molecule has 0 spiro atoms. The lowest BCUT2D eigenvalue weighted by atomic mass is 9.96. The average molecular weight is 341 g/mol. The van der Waals surface area contributed by atoms with Crippen LogP contribution in [0.25, 0.3) is 0 Å². The molecule has 2 rings (SSSR count). The second-order valence-electron chi connectivity index (χ2n) is 6.39. The number of methoxy groups -OCH3 is 1. The summed E-state index contributed by atoms with van der Waals surface area (Å²) < 4.78 is 10.6. The number of benzene rings is 2. The van der Waals surface area contributed by atoms with E-state index in [2.05, 4.69) is 19.2 Å². The van der Waals surface area contributed by atoms with Gasteiger partial charge in [0.1, 0.15) is 11.5 Å². The summed E-state index contributed by atoms with van der Waals surface area (Å²) in [6.45, 7) is 6.85. The molecule has 0 aromatic heterocycles. The zero-order valence-electron chi connectivity index (χ0n) is 15.4. The smallest absolute Gasteiger partial charge is 0.251 e. The van der Waals surface area contributed by atoms with Crippen molar-refractivity contribution < 1.29 is 14.3 Å². The molecule has 4 nitrogen and oxygen atoms in total. The van der Waals surface area contributed by atoms with E-state index in [1.54, 1.807) is 19.2 Å². The van der Waals surface area contributed by atoms with Gasteiger partial charge in [-0.1, -0.05) is 26.0 Å². The van der Waals surface area contributed by atoms with E-state index in [9.17, 15) is 4.79 Å². The van der Waals surface area contributed by atoms with Crippen molar-refractivity contribution in [3.05, 3.63) is 59.7 Å². The second-order valence-corrected chi connectivity index (χ2v) is 6.39. The molecular formula is C21H27NO3. The van der Waals surface area contributed by atoms with Gasteiger partial charge in [-0.2, -0.15) is 0 Å². The van der Waals surface area contributed by atoms with Crippen molar-refractivity contribution in [2.24, 2.45) is 5.92 Å². The Labute approximate surface area is 150 Å². The molecule has 2 aromatic rings. The number of hydrogen-bond acceptors (Lipinski definition) is 3. The topological polar surface area (TPSA) is 47.6 Å². The highest BCUT2D eigenvalue weighted by atomic mass is 16.5. The third-order valence-corrected chi connectivity index (χ3v) is 3.96. The first-order valence-electron chi connectivity index (χ1n) is 8.71. The first kappa shape index (κ1) is 18.8. The van der Waals surface area contributed by atoms with Crippen LogP contribution in [0.4, 0.5) is 0 Å². The van der Waals surface area contributed by atoms with Crippen molar-refractivity contribution in [1.82, 2.24) is 5.32 Å². The minimum atomic E-state index is -0.0792. The maximum absolute atomic E-state index is 12.6. The molecule has 0 bridgehead atoms. The molecule has 0 aliphatic carbocycles. The third kappa shape index (κ3) is 5.52. The van der Waals surface area contributed by atoms with Crippen molar-refractivity contribution >= 4 is 5.91 Å². The molecule has 2 aromatic carbocycles. The summed E-state index contributed by atoms with van der Waals surface area (Å²) in [5.41, 5.74) is 1.71. The van der Waals surface area contributed by atoms with Gasteiger partial charge < -0.3 is 14.8 Å². The van der Waals surface area contributed by atoms with Gasteiger partial charge >= 0.3 is 0 Å². The predicted octanol–water partition coefficient (Wildman–Crippen LogP) is 4.61. The monoisotopic (exact) mass is 341 g/mol. The van der Waals surface area contributed by atoms with Crippen LogP contribution in [-0.2, 0) is 0 Å². The number of rotatable bonds is 8. The molecule has 0 aliphatic heterocycles. The maximum atomic E-state index is 12.6. The zero-order chi connectivity index (χ0) is 18.2. The lowest BCUT2D eigenvalue weighted by molar-refractivity contribution is 0.0932. The predicted molar refractivity (Wildman–Crippen MR) is 100 cm³/mol. The van der Waals surface area contributed by atoms with Gasteiger partial charge in [-0.3, -0.25) is 4.79 Å². The number of carbonyl (C=O) groups is 1. The van der Waals surface area contributed by atoms with E-state index >= 15 is 0 Å². The molecule has 1 atom stereocenters. The highest BCUT2D eigenvalue weighted by molar-refractivity contribution is 5.94. The Kier molecular flexibility index (Phi) is 6.87. The summed E-state index contributed by atoms with van der Waals surface area (Å²) in [5.74, 6) is 1.97. The van der Waals surface area contributed by atoms with E-state index in [4.69, 9.17) is 9.47 Å². The normalized spacial score (nSPS) is 11.9. The molecule has 1 unspecified atom stereocenters. The van der Waals surface area contributed by atoms with Crippen LogP contribution in [0.1, 0.15) is 49.2 Å². The SMILES string of the molecule is CCOc1ccc(C(=O)NC(CC(C)C)c2ccc(OC)cc2)cc1. The molecule has 1 N–H and O–H groups in total. The Morgan fingerprint density at radius 1 is 1.00 bits per heavy atom. The van der Waals surface area contributed by atoms with Crippen LogP contribution in [-0.4, -0.2) is 19.6 Å². The standard InChI is InChI=1S/C21H27NO3/c1-5-25-19-12-8-17(9-13-19)21(23)22-20(14-15(2)3)16-6-10-18(24-4)11-7-16/h6-13,15,20H,5,14H2,1-4H3,(H,22,23). The Balaban J connectivity index is 2.13. The first-order chi connectivity index (χ1) is 12.0. The van der Waals surface area contributed by atoms with Crippen molar-refractivity contribution in [3.8, 4) is 11.5 Å². The number of carbonyl (C=O) groups excluding carboxylic acids is 1. The Hall–Kier alpha value is -2.49. The maximum Gasteiger partial charge on any atom is 0.251 e. The lowest BCUT2D eigenvalue weighted by Gasteiger charge is -2.21. The largest absolute Gasteiger partial charge is 0.497 e. The summed E-state index contributed by atoms with van der Waals surface area (Å²) in [6, 6.07) is 15.0. The van der Waals surface area contributed by atoms with Crippen molar-refractivity contribution in [1.29, 1.82) is 0 Å². The number of ether oxygens (including phenoxy) is 2. The summed E-state index contributed by atoms with van der Waals surface area (Å²) in [7, 11) is 1.65. The fourth-order valence-electron chi connectivity index (χ4n) is 2.70.